The molecule has 2 aromatic rings. The first-order chi connectivity index (χ1) is 7.21. The maximum atomic E-state index is 10.5. The van der Waals surface area contributed by atoms with Crippen molar-refractivity contribution in [2.24, 2.45) is 0 Å². The van der Waals surface area contributed by atoms with Gasteiger partial charge in [-0.05, 0) is 18.1 Å². The van der Waals surface area contributed by atoms with Gasteiger partial charge in [0.25, 0.3) is 0 Å². The Labute approximate surface area is 96.1 Å². The predicted octanol–water partition coefficient (Wildman–Crippen LogP) is 3.10. The first-order valence-corrected chi connectivity index (χ1v) is 5.04. The first kappa shape index (κ1) is 12.4. The molecule has 0 radical (unpaired) electrons. The van der Waals surface area contributed by atoms with Crippen LogP contribution in [0.3, 0.4) is 0 Å². The van der Waals surface area contributed by atoms with Crippen molar-refractivity contribution in [3.05, 3.63) is 71.8 Å². The van der Waals surface area contributed by atoms with Crippen LogP contribution in [0.25, 0.3) is 0 Å². The third-order valence-electron chi connectivity index (χ3n) is 2.67. The van der Waals surface area contributed by atoms with Crippen molar-refractivity contribution >= 4 is 0 Å². The molecule has 2 rings (SSSR count). The van der Waals surface area contributed by atoms with Gasteiger partial charge in [0.05, 0.1) is 0 Å². The van der Waals surface area contributed by atoms with Crippen molar-refractivity contribution in [1.29, 1.82) is 0 Å². The minimum atomic E-state index is -0.914. The fraction of sp³-hybridized carbons (Fsp3) is 0.143. The van der Waals surface area contributed by atoms with Crippen LogP contribution in [-0.2, 0) is 5.60 Å². The fourth-order valence-corrected chi connectivity index (χ4v) is 1.69. The molecule has 84 valence electrons. The van der Waals surface area contributed by atoms with Gasteiger partial charge in [0, 0.05) is 0 Å². The molecule has 0 unspecified atom stereocenters. The maximum absolute atomic E-state index is 10.5. The second-order valence-corrected chi connectivity index (χ2v) is 3.80. The molecule has 4 N–H and O–H groups in total. The molecule has 0 atom stereocenters. The second kappa shape index (κ2) is 4.92. The topological polar surface area (TPSA) is 55.2 Å². The molecule has 0 aliphatic heterocycles. The van der Waals surface area contributed by atoms with E-state index >= 15 is 0 Å². The molecule has 0 bridgehead atoms. The molecule has 16 heavy (non-hydrogen) atoms. The highest BCUT2D eigenvalue weighted by Crippen LogP contribution is 2.28. The van der Waals surface area contributed by atoms with E-state index in [2.05, 4.69) is 0 Å². The third-order valence-corrected chi connectivity index (χ3v) is 2.67. The van der Waals surface area contributed by atoms with Crippen LogP contribution in [0, 0.1) is 0 Å². The molecule has 0 aliphatic rings. The zero-order valence-corrected chi connectivity index (χ0v) is 9.43. The maximum Gasteiger partial charge on any atom is 0.112 e. The quantitative estimate of drug-likeness (QED) is 0.808. The molecule has 0 saturated carbocycles. The van der Waals surface area contributed by atoms with E-state index < -0.39 is 5.60 Å². The van der Waals surface area contributed by atoms with Crippen LogP contribution in [0.4, 0.5) is 0 Å². The highest BCUT2D eigenvalue weighted by atomic mass is 16.3. The van der Waals surface area contributed by atoms with Crippen molar-refractivity contribution < 1.29 is 5.11 Å². The van der Waals surface area contributed by atoms with E-state index in [1.165, 1.54) is 0 Å². The van der Waals surface area contributed by atoms with Gasteiger partial charge >= 0.3 is 0 Å². The van der Waals surface area contributed by atoms with Crippen LogP contribution >= 0.6 is 0 Å². The van der Waals surface area contributed by atoms with Crippen LogP contribution < -0.4 is 6.15 Å². The number of benzene rings is 2. The Balaban J connectivity index is 0.00000128. The van der Waals surface area contributed by atoms with Gasteiger partial charge in [-0.3, -0.25) is 0 Å². The van der Waals surface area contributed by atoms with Crippen LogP contribution in [-0.4, -0.2) is 5.11 Å². The summed E-state index contributed by atoms with van der Waals surface area (Å²) in [6.07, 6.45) is 0. The van der Waals surface area contributed by atoms with Crippen LogP contribution in [0.15, 0.2) is 60.7 Å². The van der Waals surface area contributed by atoms with Gasteiger partial charge < -0.3 is 11.3 Å². The molecule has 0 fully saturated rings. The molecule has 2 nitrogen and oxygen atoms in total. The third kappa shape index (κ3) is 2.30. The molecular weight excluding hydrogens is 198 g/mol. The first-order valence-electron chi connectivity index (χ1n) is 5.04. The lowest BCUT2D eigenvalue weighted by atomic mass is 9.88. The molecule has 0 heterocycles. The van der Waals surface area contributed by atoms with Crippen LogP contribution in [0.1, 0.15) is 18.1 Å². The van der Waals surface area contributed by atoms with Gasteiger partial charge in [-0.15, -0.1) is 0 Å². The summed E-state index contributed by atoms with van der Waals surface area (Å²) in [6, 6.07) is 19.4. The summed E-state index contributed by atoms with van der Waals surface area (Å²) in [5.41, 5.74) is 0.912. The number of aliphatic hydroxyl groups is 1. The average Bonchev–Trinajstić information content (AvgIpc) is 2.31. The number of hydrogen-bond donors (Lipinski definition) is 2. The van der Waals surface area contributed by atoms with E-state index in [0.717, 1.165) is 11.1 Å². The summed E-state index contributed by atoms with van der Waals surface area (Å²) in [4.78, 5) is 0. The van der Waals surface area contributed by atoms with Crippen LogP contribution in [0.5, 0.6) is 0 Å². The molecule has 0 aromatic heterocycles. The summed E-state index contributed by atoms with van der Waals surface area (Å²) < 4.78 is 0. The highest BCUT2D eigenvalue weighted by molar-refractivity contribution is 5.34. The van der Waals surface area contributed by atoms with Crippen molar-refractivity contribution in [2.45, 2.75) is 12.5 Å². The lowest BCUT2D eigenvalue weighted by molar-refractivity contribution is 0.102. The van der Waals surface area contributed by atoms with E-state index in [0.29, 0.717) is 0 Å². The van der Waals surface area contributed by atoms with E-state index in [9.17, 15) is 5.11 Å². The minimum Gasteiger partial charge on any atom is -0.381 e. The normalized spacial score (nSPS) is 10.6. The van der Waals surface area contributed by atoms with Crippen molar-refractivity contribution in [3.63, 3.8) is 0 Å². The van der Waals surface area contributed by atoms with E-state index in [1.54, 1.807) is 0 Å². The van der Waals surface area contributed by atoms with E-state index in [1.807, 2.05) is 67.6 Å². The second-order valence-electron chi connectivity index (χ2n) is 3.80. The summed E-state index contributed by atoms with van der Waals surface area (Å²) in [7, 11) is 0. The Kier molecular flexibility index (Phi) is 3.82. The predicted molar refractivity (Wildman–Crippen MR) is 66.6 cm³/mol. The summed E-state index contributed by atoms with van der Waals surface area (Å²) >= 11 is 0. The Morgan fingerprint density at radius 1 is 0.750 bits per heavy atom. The molecule has 0 aliphatic carbocycles. The van der Waals surface area contributed by atoms with E-state index in [-0.39, 0.29) is 6.15 Å². The molecular formula is C14H17NO. The zero-order valence-electron chi connectivity index (χ0n) is 9.43. The van der Waals surface area contributed by atoms with Crippen LogP contribution in [0.2, 0.25) is 0 Å². The Bertz CT molecular complexity index is 382. The minimum absolute atomic E-state index is 0. The zero-order chi connectivity index (χ0) is 10.7. The van der Waals surface area contributed by atoms with Gasteiger partial charge in [0.1, 0.15) is 5.60 Å². The van der Waals surface area contributed by atoms with Gasteiger partial charge in [0.2, 0.25) is 0 Å². The van der Waals surface area contributed by atoms with E-state index in [4.69, 9.17) is 0 Å². The largest absolute Gasteiger partial charge is 0.381 e. The van der Waals surface area contributed by atoms with Gasteiger partial charge in [-0.25, -0.2) is 0 Å². The molecule has 2 heteroatoms. The molecule has 0 saturated heterocycles. The number of hydrogen-bond acceptors (Lipinski definition) is 2. The Morgan fingerprint density at radius 3 is 1.38 bits per heavy atom. The standard InChI is InChI=1S/C14H14O.H3N/c1-14(15,12-8-4-2-5-9-12)13-10-6-3-7-11-13;/h2-11,15H,1H3;1H3. The lowest BCUT2D eigenvalue weighted by Crippen LogP contribution is -2.22. The van der Waals surface area contributed by atoms with Crippen molar-refractivity contribution in [3.8, 4) is 0 Å². The SMILES string of the molecule is CC(O)(c1ccccc1)c1ccccc1.N. The Morgan fingerprint density at radius 2 is 1.06 bits per heavy atom. The van der Waals surface area contributed by atoms with Crippen molar-refractivity contribution in [1.82, 2.24) is 6.15 Å². The molecule has 0 spiro atoms. The van der Waals surface area contributed by atoms with Gasteiger partial charge in [0.15, 0.2) is 0 Å². The summed E-state index contributed by atoms with van der Waals surface area (Å²) in [6.45, 7) is 1.82. The molecule has 2 aromatic carbocycles. The molecule has 0 amide bonds. The smallest absolute Gasteiger partial charge is 0.112 e. The fourth-order valence-electron chi connectivity index (χ4n) is 1.69. The van der Waals surface area contributed by atoms with Crippen molar-refractivity contribution in [2.75, 3.05) is 0 Å². The highest BCUT2D eigenvalue weighted by Gasteiger charge is 2.24. The monoisotopic (exact) mass is 215 g/mol. The lowest BCUT2D eigenvalue weighted by Gasteiger charge is -2.24. The van der Waals surface area contributed by atoms with Gasteiger partial charge in [-0.2, -0.15) is 0 Å². The summed E-state index contributed by atoms with van der Waals surface area (Å²) in [5, 5.41) is 10.5. The van der Waals surface area contributed by atoms with Gasteiger partial charge in [-0.1, -0.05) is 60.7 Å². The number of rotatable bonds is 2. The summed E-state index contributed by atoms with van der Waals surface area (Å²) in [5.74, 6) is 0. The Hall–Kier alpha value is -1.64. The average molecular weight is 215 g/mol.